The van der Waals surface area contributed by atoms with Gasteiger partial charge in [-0.2, -0.15) is 0 Å². The molecular formula is C32H47N5O6. The van der Waals surface area contributed by atoms with Crippen LogP contribution in [0, 0.1) is 0 Å². The van der Waals surface area contributed by atoms with E-state index in [1.165, 1.54) is 0 Å². The van der Waals surface area contributed by atoms with Gasteiger partial charge in [-0.05, 0) is 98.6 Å². The van der Waals surface area contributed by atoms with Crippen LogP contribution in [0.4, 0.5) is 25.8 Å². The minimum Gasteiger partial charge on any atom is -0.444 e. The Hall–Kier alpha value is -4.28. The Morgan fingerprint density at radius 3 is 1.86 bits per heavy atom. The van der Waals surface area contributed by atoms with Crippen LogP contribution in [0.5, 0.6) is 0 Å². The van der Waals surface area contributed by atoms with Crippen LogP contribution in [-0.2, 0) is 27.3 Å². The van der Waals surface area contributed by atoms with E-state index < -0.39 is 35.1 Å². The third kappa shape index (κ3) is 13.5. The molecule has 0 aliphatic carbocycles. The number of nitrogens with zero attached hydrogens (tertiary/aromatic N) is 2. The highest BCUT2D eigenvalue weighted by Crippen LogP contribution is 2.25. The molecule has 0 aromatic heterocycles. The molecule has 3 N–H and O–H groups in total. The highest BCUT2D eigenvalue weighted by Gasteiger charge is 2.32. The summed E-state index contributed by atoms with van der Waals surface area (Å²) in [6.07, 6.45) is -2.34. The van der Waals surface area contributed by atoms with Crippen molar-refractivity contribution in [1.29, 1.82) is 0 Å². The van der Waals surface area contributed by atoms with Gasteiger partial charge in [-0.1, -0.05) is 30.3 Å². The van der Waals surface area contributed by atoms with Crippen LogP contribution in [-0.4, -0.2) is 52.5 Å². The van der Waals surface area contributed by atoms with E-state index in [0.717, 1.165) is 10.5 Å². The van der Waals surface area contributed by atoms with E-state index in [1.807, 2.05) is 43.3 Å². The Bertz CT molecular complexity index is 1250. The van der Waals surface area contributed by atoms with Gasteiger partial charge in [-0.25, -0.2) is 19.3 Å². The van der Waals surface area contributed by atoms with Crippen molar-refractivity contribution in [3.63, 3.8) is 0 Å². The highest BCUT2D eigenvalue weighted by molar-refractivity contribution is 6.02. The average Bonchev–Trinajstić information content (AvgIpc) is 2.84. The van der Waals surface area contributed by atoms with Crippen molar-refractivity contribution in [2.24, 2.45) is 4.99 Å². The van der Waals surface area contributed by atoms with Crippen LogP contribution in [0.2, 0.25) is 0 Å². The normalized spacial score (nSPS) is 12.2. The van der Waals surface area contributed by atoms with E-state index in [1.54, 1.807) is 74.4 Å². The van der Waals surface area contributed by atoms with Crippen molar-refractivity contribution in [3.05, 3.63) is 59.7 Å². The predicted octanol–water partition coefficient (Wildman–Crippen LogP) is 7.28. The van der Waals surface area contributed by atoms with Gasteiger partial charge in [0.2, 0.25) is 5.96 Å². The summed E-state index contributed by atoms with van der Waals surface area (Å²) >= 11 is 0. The lowest BCUT2D eigenvalue weighted by atomic mass is 10.1. The number of guanidine groups is 1. The number of aliphatic imine (C=N–C) groups is 1. The number of carbonyl (C=O) groups is 3. The molecule has 3 amide bonds. The molecule has 2 aromatic rings. The molecule has 43 heavy (non-hydrogen) atoms. The molecule has 11 nitrogen and oxygen atoms in total. The first kappa shape index (κ1) is 34.9. The zero-order valence-electron chi connectivity index (χ0n) is 27.1. The van der Waals surface area contributed by atoms with Gasteiger partial charge in [0, 0.05) is 24.5 Å². The SMILES string of the molecule is CC/N=C(/NC(=O)OC(C)(C)C)Nc1ccc(NCc2ccccc2)c(CN(C(=O)OC(C)(C)C)C(=O)OC(C)(C)C)c1. The van der Waals surface area contributed by atoms with Crippen molar-refractivity contribution in [2.75, 3.05) is 17.2 Å². The number of nitrogens with one attached hydrogen (secondary N) is 3. The fourth-order valence-electron chi connectivity index (χ4n) is 3.58. The lowest BCUT2D eigenvalue weighted by molar-refractivity contribution is -0.000256. The maximum absolute atomic E-state index is 13.3. The summed E-state index contributed by atoms with van der Waals surface area (Å²) < 4.78 is 16.5. The van der Waals surface area contributed by atoms with E-state index in [-0.39, 0.29) is 12.5 Å². The summed E-state index contributed by atoms with van der Waals surface area (Å²) in [7, 11) is 0. The highest BCUT2D eigenvalue weighted by atomic mass is 16.6. The van der Waals surface area contributed by atoms with E-state index in [2.05, 4.69) is 20.9 Å². The molecule has 0 aliphatic heterocycles. The smallest absolute Gasteiger partial charge is 0.420 e. The Kier molecular flexibility index (Phi) is 12.0. The number of amides is 3. The molecule has 0 radical (unpaired) electrons. The topological polar surface area (TPSA) is 131 Å². The fraction of sp³-hybridized carbons (Fsp3) is 0.500. The van der Waals surface area contributed by atoms with Crippen LogP contribution in [0.15, 0.2) is 53.5 Å². The lowest BCUT2D eigenvalue weighted by Crippen LogP contribution is -2.43. The molecule has 0 spiro atoms. The molecular weight excluding hydrogens is 550 g/mol. The van der Waals surface area contributed by atoms with Crippen LogP contribution in [0.1, 0.15) is 80.4 Å². The van der Waals surface area contributed by atoms with E-state index >= 15 is 0 Å². The minimum absolute atomic E-state index is 0.157. The van der Waals surface area contributed by atoms with Gasteiger partial charge >= 0.3 is 18.3 Å². The number of hydrogen-bond acceptors (Lipinski definition) is 8. The largest absolute Gasteiger partial charge is 0.444 e. The Morgan fingerprint density at radius 2 is 1.35 bits per heavy atom. The van der Waals surface area contributed by atoms with Crippen molar-refractivity contribution in [2.45, 2.75) is 99.1 Å². The number of benzene rings is 2. The number of rotatable bonds is 7. The number of ether oxygens (including phenoxy) is 3. The average molecular weight is 598 g/mol. The van der Waals surface area contributed by atoms with Crippen LogP contribution >= 0.6 is 0 Å². The third-order valence-corrected chi connectivity index (χ3v) is 5.19. The molecule has 0 heterocycles. The lowest BCUT2D eigenvalue weighted by Gasteiger charge is -2.29. The molecule has 0 unspecified atom stereocenters. The minimum atomic E-state index is -0.839. The van der Waals surface area contributed by atoms with E-state index in [9.17, 15) is 14.4 Å². The quantitative estimate of drug-likeness (QED) is 0.172. The van der Waals surface area contributed by atoms with Gasteiger partial charge in [-0.15, -0.1) is 0 Å². The van der Waals surface area contributed by atoms with Crippen molar-refractivity contribution in [3.8, 4) is 0 Å². The Labute approximate surface area is 255 Å². The zero-order valence-corrected chi connectivity index (χ0v) is 27.1. The molecule has 0 fully saturated rings. The summed E-state index contributed by atoms with van der Waals surface area (Å²) in [5, 5.41) is 9.14. The first-order valence-electron chi connectivity index (χ1n) is 14.3. The molecule has 11 heteroatoms. The summed E-state index contributed by atoms with van der Waals surface area (Å²) in [6.45, 7) is 18.2. The Balaban J connectivity index is 2.47. The molecule has 0 bridgehead atoms. The zero-order chi connectivity index (χ0) is 32.4. The van der Waals surface area contributed by atoms with Crippen molar-refractivity contribution >= 4 is 35.6 Å². The van der Waals surface area contributed by atoms with Gasteiger partial charge < -0.3 is 24.8 Å². The first-order chi connectivity index (χ1) is 19.8. The molecule has 236 valence electrons. The summed E-state index contributed by atoms with van der Waals surface area (Å²) in [4.78, 5) is 44.2. The van der Waals surface area contributed by atoms with Gasteiger partial charge in [-0.3, -0.25) is 10.3 Å². The summed E-state index contributed by atoms with van der Waals surface area (Å²) in [6, 6.07) is 15.2. The van der Waals surface area contributed by atoms with Crippen molar-refractivity contribution in [1.82, 2.24) is 10.2 Å². The maximum atomic E-state index is 13.3. The fourth-order valence-corrected chi connectivity index (χ4v) is 3.58. The van der Waals surface area contributed by atoms with Gasteiger partial charge in [0.05, 0.1) is 6.54 Å². The van der Waals surface area contributed by atoms with Crippen LogP contribution in [0.25, 0.3) is 0 Å². The molecule has 0 saturated carbocycles. The Morgan fingerprint density at radius 1 is 0.791 bits per heavy atom. The van der Waals surface area contributed by atoms with Crippen LogP contribution in [0.3, 0.4) is 0 Å². The second-order valence-corrected chi connectivity index (χ2v) is 12.8. The first-order valence-corrected chi connectivity index (χ1v) is 14.3. The van der Waals surface area contributed by atoms with Gasteiger partial charge in [0.1, 0.15) is 16.8 Å². The van der Waals surface area contributed by atoms with Crippen molar-refractivity contribution < 1.29 is 28.6 Å². The third-order valence-electron chi connectivity index (χ3n) is 5.19. The molecule has 2 rings (SSSR count). The van der Waals surface area contributed by atoms with E-state index in [0.29, 0.717) is 30.0 Å². The standard InChI is InChI=1S/C32H47N5O6/c1-11-33-26(36-27(38)41-30(2,3)4)35-24-17-18-25(34-20-22-15-13-12-14-16-22)23(19-24)21-37(28(39)42-31(5,6)7)29(40)43-32(8,9)10/h12-19,34H,11,20-21H2,1-10H3,(H2,33,35,36,38). The number of alkyl carbamates (subject to hydrolysis) is 1. The number of hydrogen-bond donors (Lipinski definition) is 3. The van der Waals surface area contributed by atoms with E-state index in [4.69, 9.17) is 14.2 Å². The van der Waals surface area contributed by atoms with Crippen LogP contribution < -0.4 is 16.0 Å². The van der Waals surface area contributed by atoms with Gasteiger partial charge in [0.15, 0.2) is 0 Å². The molecule has 2 aromatic carbocycles. The summed E-state index contributed by atoms with van der Waals surface area (Å²) in [5.74, 6) is 0.184. The second kappa shape index (κ2) is 14.8. The molecule has 0 saturated heterocycles. The number of anilines is 2. The van der Waals surface area contributed by atoms with Gasteiger partial charge in [0.25, 0.3) is 0 Å². The monoisotopic (exact) mass is 597 g/mol. The molecule has 0 atom stereocenters. The number of imide groups is 1. The number of carbonyl (C=O) groups excluding carboxylic acids is 3. The second-order valence-electron chi connectivity index (χ2n) is 12.8. The summed E-state index contributed by atoms with van der Waals surface area (Å²) in [5.41, 5.74) is 0.504. The predicted molar refractivity (Wildman–Crippen MR) is 169 cm³/mol. The molecule has 0 aliphatic rings. The maximum Gasteiger partial charge on any atom is 0.420 e.